The van der Waals surface area contributed by atoms with Gasteiger partial charge >= 0.3 is 0 Å². The van der Waals surface area contributed by atoms with Crippen molar-refractivity contribution in [2.75, 3.05) is 50.7 Å². The first-order chi connectivity index (χ1) is 18.4. The molecule has 0 atom stereocenters. The van der Waals surface area contributed by atoms with Crippen molar-refractivity contribution in [1.29, 1.82) is 0 Å². The van der Waals surface area contributed by atoms with E-state index in [-0.39, 0.29) is 17.3 Å². The van der Waals surface area contributed by atoms with Crippen molar-refractivity contribution in [2.45, 2.75) is 13.0 Å². The van der Waals surface area contributed by atoms with E-state index in [4.69, 9.17) is 6.42 Å². The summed E-state index contributed by atoms with van der Waals surface area (Å²) >= 11 is 0. The molecule has 1 saturated heterocycles. The number of nitro benzene ring substituents is 1. The van der Waals surface area contributed by atoms with E-state index >= 15 is 0 Å². The lowest BCUT2D eigenvalue weighted by Crippen LogP contribution is -2.47. The van der Waals surface area contributed by atoms with Gasteiger partial charge < -0.3 is 4.90 Å². The van der Waals surface area contributed by atoms with Crippen molar-refractivity contribution in [3.8, 4) is 12.3 Å². The van der Waals surface area contributed by atoms with E-state index in [1.165, 1.54) is 36.4 Å². The molecule has 0 bridgehead atoms. The van der Waals surface area contributed by atoms with Gasteiger partial charge in [0.05, 0.1) is 11.5 Å². The molecule has 1 aliphatic rings. The molecule has 4 rings (SSSR count). The maximum atomic E-state index is 13.2. The molecule has 0 N–H and O–H groups in total. The van der Waals surface area contributed by atoms with Crippen LogP contribution in [-0.4, -0.2) is 66.3 Å². The Balaban J connectivity index is 1.24. The van der Waals surface area contributed by atoms with Gasteiger partial charge in [0.25, 0.3) is 5.69 Å². The molecule has 0 unspecified atom stereocenters. The monoisotopic (exact) mass is 514 g/mol. The average molecular weight is 515 g/mol. The highest BCUT2D eigenvalue weighted by Crippen LogP contribution is 2.18. The minimum atomic E-state index is -0.485. The summed E-state index contributed by atoms with van der Waals surface area (Å²) < 4.78 is 13.2. The van der Waals surface area contributed by atoms with Gasteiger partial charge in [0, 0.05) is 68.2 Å². The summed E-state index contributed by atoms with van der Waals surface area (Å²) in [7, 11) is 0. The zero-order valence-corrected chi connectivity index (χ0v) is 21.3. The number of benzene rings is 3. The molecule has 1 fully saturated rings. The van der Waals surface area contributed by atoms with Gasteiger partial charge in [-0.2, -0.15) is 0 Å². The quantitative estimate of drug-likeness (QED) is 0.161. The minimum Gasteiger partial charge on any atom is -0.369 e. The van der Waals surface area contributed by atoms with Crippen LogP contribution in [0.5, 0.6) is 0 Å². The summed E-state index contributed by atoms with van der Waals surface area (Å²) in [5, 5.41) is 10.8. The van der Waals surface area contributed by atoms with Crippen molar-refractivity contribution >= 4 is 17.2 Å². The molecular formula is C30H31FN4O3. The second-order valence-electron chi connectivity index (χ2n) is 9.40. The van der Waals surface area contributed by atoms with E-state index < -0.39 is 4.92 Å². The number of carbonyl (C=O) groups is 1. The summed E-state index contributed by atoms with van der Waals surface area (Å²) in [4.78, 5) is 30.0. The van der Waals surface area contributed by atoms with E-state index in [0.717, 1.165) is 56.9 Å². The van der Waals surface area contributed by atoms with Crippen molar-refractivity contribution in [2.24, 2.45) is 0 Å². The third-order valence-corrected chi connectivity index (χ3v) is 6.79. The summed E-state index contributed by atoms with van der Waals surface area (Å²) in [6.07, 6.45) is 6.61. The van der Waals surface area contributed by atoms with Crippen LogP contribution in [0.4, 0.5) is 15.8 Å². The fourth-order valence-corrected chi connectivity index (χ4v) is 4.66. The fraction of sp³-hybridized carbons (Fsp3) is 0.300. The van der Waals surface area contributed by atoms with E-state index in [2.05, 4.69) is 20.6 Å². The highest BCUT2D eigenvalue weighted by atomic mass is 19.1. The summed E-state index contributed by atoms with van der Waals surface area (Å²) in [6, 6.07) is 19.7. The molecule has 7 nitrogen and oxygen atoms in total. The van der Waals surface area contributed by atoms with Crippen LogP contribution in [0.2, 0.25) is 0 Å². The maximum Gasteiger partial charge on any atom is 0.269 e. The Kier molecular flexibility index (Phi) is 9.20. The molecule has 1 aliphatic heterocycles. The molecule has 0 spiro atoms. The number of carbonyl (C=O) groups excluding carboxylic acids is 1. The number of non-ortho nitro benzene ring substituents is 1. The Morgan fingerprint density at radius 2 is 1.55 bits per heavy atom. The zero-order chi connectivity index (χ0) is 26.9. The highest BCUT2D eigenvalue weighted by Gasteiger charge is 2.17. The Morgan fingerprint density at radius 1 is 0.947 bits per heavy atom. The number of terminal acetylenes is 1. The Morgan fingerprint density at radius 3 is 2.13 bits per heavy atom. The van der Waals surface area contributed by atoms with E-state index in [0.29, 0.717) is 24.2 Å². The Labute approximate surface area is 222 Å². The number of hydrogen-bond donors (Lipinski definition) is 0. The average Bonchev–Trinajstić information content (AvgIpc) is 2.94. The predicted octanol–water partition coefficient (Wildman–Crippen LogP) is 4.61. The molecule has 0 amide bonds. The van der Waals surface area contributed by atoms with Crippen LogP contribution in [0, 0.1) is 28.3 Å². The van der Waals surface area contributed by atoms with E-state index in [1.54, 1.807) is 12.1 Å². The molecule has 196 valence electrons. The van der Waals surface area contributed by atoms with Gasteiger partial charge in [0.1, 0.15) is 5.82 Å². The van der Waals surface area contributed by atoms with Crippen molar-refractivity contribution in [3.05, 3.63) is 105 Å². The van der Waals surface area contributed by atoms with E-state index in [1.807, 2.05) is 24.3 Å². The first-order valence-electron chi connectivity index (χ1n) is 12.7. The van der Waals surface area contributed by atoms with Crippen molar-refractivity contribution in [1.82, 2.24) is 9.80 Å². The molecule has 0 radical (unpaired) electrons. The minimum absolute atomic E-state index is 0.0437. The van der Waals surface area contributed by atoms with Gasteiger partial charge in [-0.05, 0) is 54.9 Å². The van der Waals surface area contributed by atoms with Gasteiger partial charge in [-0.15, -0.1) is 6.42 Å². The number of hydrogen-bond acceptors (Lipinski definition) is 6. The van der Waals surface area contributed by atoms with Crippen LogP contribution in [0.15, 0.2) is 72.8 Å². The number of nitro groups is 1. The first-order valence-corrected chi connectivity index (χ1v) is 12.7. The normalized spacial score (nSPS) is 13.9. The molecule has 38 heavy (non-hydrogen) atoms. The number of rotatable bonds is 11. The molecule has 3 aromatic rings. The molecule has 0 aromatic heterocycles. The molecule has 0 saturated carbocycles. The lowest BCUT2D eigenvalue weighted by molar-refractivity contribution is -0.384. The van der Waals surface area contributed by atoms with Crippen molar-refractivity contribution in [3.63, 3.8) is 0 Å². The van der Waals surface area contributed by atoms with Gasteiger partial charge in [-0.1, -0.05) is 30.2 Å². The fourth-order valence-electron chi connectivity index (χ4n) is 4.66. The van der Waals surface area contributed by atoms with Gasteiger partial charge in [0.2, 0.25) is 0 Å². The highest BCUT2D eigenvalue weighted by molar-refractivity contribution is 6.09. The number of nitrogens with zero attached hydrogens (tertiary/aromatic N) is 4. The summed E-state index contributed by atoms with van der Waals surface area (Å²) in [6.45, 7) is 6.87. The lowest BCUT2D eigenvalue weighted by Gasteiger charge is -2.36. The molecule has 0 aliphatic carbocycles. The summed E-state index contributed by atoms with van der Waals surface area (Å²) in [5.41, 5.74) is 3.03. The van der Waals surface area contributed by atoms with Gasteiger partial charge in [0.15, 0.2) is 5.78 Å². The van der Waals surface area contributed by atoms with Gasteiger partial charge in [-0.25, -0.2) is 4.39 Å². The number of piperazine rings is 1. The second-order valence-corrected chi connectivity index (χ2v) is 9.40. The lowest BCUT2D eigenvalue weighted by atomic mass is 10.0. The second kappa shape index (κ2) is 13.0. The van der Waals surface area contributed by atoms with Crippen LogP contribution >= 0.6 is 0 Å². The molecule has 8 heteroatoms. The summed E-state index contributed by atoms with van der Waals surface area (Å²) in [5.74, 6) is 2.36. The van der Waals surface area contributed by atoms with Crippen molar-refractivity contribution < 1.29 is 14.1 Å². The predicted molar refractivity (Wildman–Crippen MR) is 147 cm³/mol. The number of halogens is 1. The zero-order valence-electron chi connectivity index (χ0n) is 21.3. The molecule has 1 heterocycles. The third-order valence-electron chi connectivity index (χ3n) is 6.79. The standard InChI is InChI=1S/C30H31FN4O3/c1-2-16-33(18-3-17-32-19-21-34(22-20-32)28-14-10-27(31)11-15-28)23-24-4-6-25(7-5-24)30(36)26-8-12-29(13-9-26)35(37)38/h1,4-15H,3,16-23H2. The van der Waals surface area contributed by atoms with Crippen LogP contribution in [-0.2, 0) is 6.54 Å². The topological polar surface area (TPSA) is 69.9 Å². The number of anilines is 1. The van der Waals surface area contributed by atoms with Crippen LogP contribution < -0.4 is 4.90 Å². The van der Waals surface area contributed by atoms with Crippen LogP contribution in [0.25, 0.3) is 0 Å². The Hall–Kier alpha value is -4.06. The molecular weight excluding hydrogens is 483 g/mol. The van der Waals surface area contributed by atoms with Gasteiger partial charge in [-0.3, -0.25) is 24.7 Å². The third kappa shape index (κ3) is 7.25. The largest absolute Gasteiger partial charge is 0.369 e. The Bertz CT molecular complexity index is 1260. The maximum absolute atomic E-state index is 13.2. The first kappa shape index (κ1) is 27.0. The van der Waals surface area contributed by atoms with Crippen LogP contribution in [0.1, 0.15) is 27.9 Å². The number of ketones is 1. The smallest absolute Gasteiger partial charge is 0.269 e. The SMILES string of the molecule is C#CCN(CCCN1CCN(c2ccc(F)cc2)CC1)Cc1ccc(C(=O)c2ccc([N+](=O)[O-])cc2)cc1. The van der Waals surface area contributed by atoms with Crippen LogP contribution in [0.3, 0.4) is 0 Å². The molecule has 3 aromatic carbocycles. The van der Waals surface area contributed by atoms with E-state index in [9.17, 15) is 19.3 Å².